The molecule has 32 heteroatoms. The number of nitrogens with one attached hydrogen (secondary N) is 8. The van der Waals surface area contributed by atoms with Gasteiger partial charge >= 0.3 is 23.9 Å². The Balaban J connectivity index is 1.94. The first-order chi connectivity index (χ1) is 44.0. The monoisotopic (exact) mass is 1310 g/mol. The fraction of sp³-hybridized carbons (Fsp3) is 0.733. The van der Waals surface area contributed by atoms with Gasteiger partial charge in [-0.2, -0.15) is 0 Å². The molecule has 0 aromatic carbocycles. The van der Waals surface area contributed by atoms with E-state index in [1.54, 1.807) is 0 Å². The summed E-state index contributed by atoms with van der Waals surface area (Å²) in [6.45, 7) is 0.0801. The van der Waals surface area contributed by atoms with E-state index in [0.29, 0.717) is 44.5 Å². The van der Waals surface area contributed by atoms with Crippen LogP contribution in [0.5, 0.6) is 0 Å². The Morgan fingerprint density at radius 1 is 0.576 bits per heavy atom. The SMILES string of the molecule is CC(=O)N1CCC[C@H]1C(=O)N[C@@H](CO)C(=O)N[C@@H](Cc1cnc[nH]1)C(=O)N[C@@H](CCC(=O)O)C(=O)N[C@@H](CCCCN(CC(=O)O)CC(=O)O)C(=O)N[C@@H](CCCCNC(=O)COCCOCCNC(=O)CCCCCCCCCCCCCCCC(=O)O)C(N)=O. The van der Waals surface area contributed by atoms with Crippen molar-refractivity contribution in [3.8, 4) is 0 Å². The Hall–Kier alpha value is -7.84. The number of nitrogens with zero attached hydrogens (tertiary/aromatic N) is 3. The molecule has 92 heavy (non-hydrogen) atoms. The average molecular weight is 1310 g/mol. The minimum absolute atomic E-state index is 0.0335. The van der Waals surface area contributed by atoms with Gasteiger partial charge in [0.2, 0.25) is 53.2 Å². The number of carbonyl (C=O) groups excluding carboxylic acids is 9. The number of imidazole rings is 1. The Kier molecular flexibility index (Phi) is 41.9. The molecule has 9 amide bonds. The van der Waals surface area contributed by atoms with Crippen LogP contribution < -0.4 is 43.0 Å². The molecule has 0 radical (unpaired) electrons. The summed E-state index contributed by atoms with van der Waals surface area (Å²) in [5.41, 5.74) is 5.98. The van der Waals surface area contributed by atoms with Crippen molar-refractivity contribution in [3.63, 3.8) is 0 Å². The van der Waals surface area contributed by atoms with E-state index in [2.05, 4.69) is 47.2 Å². The number of primary amides is 1. The molecule has 1 aliphatic rings. The van der Waals surface area contributed by atoms with Gasteiger partial charge in [-0.05, 0) is 77.2 Å². The minimum Gasteiger partial charge on any atom is -0.481 e. The van der Waals surface area contributed by atoms with Crippen molar-refractivity contribution in [1.29, 1.82) is 0 Å². The number of carboxylic acid groups (broad SMARTS) is 4. The number of aliphatic hydroxyl groups is 1. The molecule has 0 unspecified atom stereocenters. The molecule has 1 saturated heterocycles. The van der Waals surface area contributed by atoms with Crippen molar-refractivity contribution >= 4 is 77.0 Å². The molecule has 1 aliphatic heterocycles. The fourth-order valence-corrected chi connectivity index (χ4v) is 10.2. The number of nitrogens with two attached hydrogens (primary N) is 1. The molecule has 0 bridgehead atoms. The van der Waals surface area contributed by atoms with Crippen LogP contribution in [0.2, 0.25) is 0 Å². The van der Waals surface area contributed by atoms with E-state index < -0.39 is 134 Å². The van der Waals surface area contributed by atoms with E-state index in [-0.39, 0.29) is 96.3 Å². The molecular formula is C60H100N12O20. The maximum atomic E-state index is 14.2. The normalized spacial score (nSPS) is 14.4. The second kappa shape index (κ2) is 48.0. The van der Waals surface area contributed by atoms with E-state index in [4.69, 9.17) is 20.3 Å². The number of aromatic amines is 1. The van der Waals surface area contributed by atoms with Crippen molar-refractivity contribution in [2.45, 2.75) is 210 Å². The lowest BCUT2D eigenvalue weighted by Gasteiger charge is -2.27. The van der Waals surface area contributed by atoms with Crippen LogP contribution in [-0.2, 0) is 78.2 Å². The van der Waals surface area contributed by atoms with Crippen LogP contribution in [0.1, 0.15) is 173 Å². The molecule has 32 nitrogen and oxygen atoms in total. The molecule has 1 aromatic rings. The summed E-state index contributed by atoms with van der Waals surface area (Å²) in [6.07, 6.45) is 17.0. The van der Waals surface area contributed by atoms with Gasteiger partial charge < -0.3 is 87.8 Å². The van der Waals surface area contributed by atoms with Crippen LogP contribution in [0.4, 0.5) is 0 Å². The summed E-state index contributed by atoms with van der Waals surface area (Å²) in [5, 5.41) is 64.9. The summed E-state index contributed by atoms with van der Waals surface area (Å²) in [4.78, 5) is 173. The number of hydrogen-bond acceptors (Lipinski definition) is 18. The number of amides is 9. The molecule has 6 atom stereocenters. The molecule has 0 saturated carbocycles. The maximum Gasteiger partial charge on any atom is 0.317 e. The zero-order valence-corrected chi connectivity index (χ0v) is 53.1. The lowest BCUT2D eigenvalue weighted by Crippen LogP contribution is -2.60. The standard InChI is InChI=1S/C60H100N12O20/c1-41(74)72-30-19-22-48(72)60(90)70-47(38-73)59(89)69-46(34-42-35-62-40-65-42)58(88)68-45(25-26-52(79)80)57(87)67-44(21-16-18-29-71(36-53(81)82)37-54(83)84)56(86)66-43(55(61)85)20-15-17-27-63-50(76)39-92-33-32-91-31-28-64-49(75)23-13-11-9-7-5-3-2-4-6-8-10-12-14-24-51(77)78/h35,40,43-48,73H,2-34,36-39H2,1H3,(H2,61,85)(H,62,65)(H,63,76)(H,64,75)(H,66,86)(H,67,87)(H,68,88)(H,69,89)(H,70,90)(H,77,78)(H,79,80)(H,81,82)(H,83,84)/t43-,44-,45-,46-,47-,48-/m0/s1. The Morgan fingerprint density at radius 3 is 1.64 bits per heavy atom. The van der Waals surface area contributed by atoms with E-state index >= 15 is 0 Å². The van der Waals surface area contributed by atoms with Gasteiger partial charge in [0.05, 0.1) is 45.8 Å². The van der Waals surface area contributed by atoms with Gasteiger partial charge in [-0.25, -0.2) is 4.98 Å². The summed E-state index contributed by atoms with van der Waals surface area (Å²) in [5.74, 6) is -11.4. The van der Waals surface area contributed by atoms with Crippen LogP contribution in [0.25, 0.3) is 0 Å². The number of hydrogen-bond donors (Lipinski definition) is 14. The molecule has 2 heterocycles. The van der Waals surface area contributed by atoms with Gasteiger partial charge in [0.15, 0.2) is 0 Å². The smallest absolute Gasteiger partial charge is 0.317 e. The quantitative estimate of drug-likeness (QED) is 0.0374. The highest BCUT2D eigenvalue weighted by atomic mass is 16.5. The summed E-state index contributed by atoms with van der Waals surface area (Å²) >= 11 is 0. The van der Waals surface area contributed by atoms with Crippen LogP contribution in [0.3, 0.4) is 0 Å². The number of aliphatic hydroxyl groups excluding tert-OH is 1. The summed E-state index contributed by atoms with van der Waals surface area (Å²) < 4.78 is 10.9. The molecule has 0 aliphatic carbocycles. The lowest BCUT2D eigenvalue weighted by atomic mass is 10.0. The minimum atomic E-state index is -1.72. The topological polar surface area (TPSA) is 487 Å². The van der Waals surface area contributed by atoms with Gasteiger partial charge in [0.25, 0.3) is 0 Å². The third-order valence-electron chi connectivity index (χ3n) is 15.1. The number of aliphatic carboxylic acids is 4. The fourth-order valence-electron chi connectivity index (χ4n) is 10.2. The van der Waals surface area contributed by atoms with E-state index in [1.807, 2.05) is 0 Å². The number of H-pyrrole nitrogens is 1. The largest absolute Gasteiger partial charge is 0.481 e. The van der Waals surface area contributed by atoms with Gasteiger partial charge in [0.1, 0.15) is 42.9 Å². The zero-order chi connectivity index (χ0) is 68.1. The highest BCUT2D eigenvalue weighted by Gasteiger charge is 2.36. The van der Waals surface area contributed by atoms with Crippen molar-refractivity contribution in [1.82, 2.24) is 57.0 Å². The van der Waals surface area contributed by atoms with Crippen LogP contribution in [0, 0.1) is 0 Å². The van der Waals surface area contributed by atoms with E-state index in [0.717, 1.165) is 56.3 Å². The zero-order valence-electron chi connectivity index (χ0n) is 53.1. The van der Waals surface area contributed by atoms with Crippen molar-refractivity contribution < 1.29 is 97.3 Å². The number of likely N-dealkylation sites (tertiary alicyclic amines) is 1. The van der Waals surface area contributed by atoms with Gasteiger partial charge in [-0.15, -0.1) is 0 Å². The predicted octanol–water partition coefficient (Wildman–Crippen LogP) is -0.257. The molecule has 520 valence electrons. The van der Waals surface area contributed by atoms with E-state index in [9.17, 15) is 82.8 Å². The molecule has 1 fully saturated rings. The highest BCUT2D eigenvalue weighted by Crippen LogP contribution is 2.18. The molecule has 15 N–H and O–H groups in total. The lowest BCUT2D eigenvalue weighted by molar-refractivity contribution is -0.142. The number of aromatic nitrogens is 2. The Labute approximate surface area is 536 Å². The molecular weight excluding hydrogens is 1210 g/mol. The summed E-state index contributed by atoms with van der Waals surface area (Å²) in [6, 6.07) is -8.69. The van der Waals surface area contributed by atoms with Crippen molar-refractivity contribution in [3.05, 3.63) is 18.2 Å². The highest BCUT2D eigenvalue weighted by molar-refractivity contribution is 5.97. The Bertz CT molecular complexity index is 2440. The number of ether oxygens (including phenoxy) is 2. The number of carboxylic acids is 4. The average Bonchev–Trinajstić information content (AvgIpc) is 1.66. The second-order valence-corrected chi connectivity index (χ2v) is 22.8. The van der Waals surface area contributed by atoms with Crippen molar-refractivity contribution in [2.24, 2.45) is 5.73 Å². The second-order valence-electron chi connectivity index (χ2n) is 22.8. The molecule has 0 spiro atoms. The predicted molar refractivity (Wildman–Crippen MR) is 329 cm³/mol. The van der Waals surface area contributed by atoms with Crippen LogP contribution in [0.15, 0.2) is 12.5 Å². The third kappa shape index (κ3) is 37.5. The first-order valence-corrected chi connectivity index (χ1v) is 32.0. The van der Waals surface area contributed by atoms with Crippen LogP contribution >= 0.6 is 0 Å². The number of unbranched alkanes of at least 4 members (excludes halogenated alkanes) is 14. The maximum absolute atomic E-state index is 14.2. The van der Waals surface area contributed by atoms with Gasteiger partial charge in [-0.1, -0.05) is 70.6 Å². The molecule has 2 rings (SSSR count). The first-order valence-electron chi connectivity index (χ1n) is 32.0. The first kappa shape index (κ1) is 80.3. The summed E-state index contributed by atoms with van der Waals surface area (Å²) in [7, 11) is 0. The van der Waals surface area contributed by atoms with Gasteiger partial charge in [0, 0.05) is 64.1 Å². The van der Waals surface area contributed by atoms with Gasteiger partial charge in [-0.3, -0.25) is 67.2 Å². The van der Waals surface area contributed by atoms with E-state index in [1.165, 1.54) is 56.5 Å². The van der Waals surface area contributed by atoms with Crippen LogP contribution in [-0.4, -0.2) is 231 Å². The number of rotatable bonds is 55. The third-order valence-corrected chi connectivity index (χ3v) is 15.1. The molecule has 1 aromatic heterocycles. The Morgan fingerprint density at radius 2 is 1.09 bits per heavy atom. The van der Waals surface area contributed by atoms with Crippen molar-refractivity contribution in [2.75, 3.05) is 72.3 Å². The number of carbonyl (C=O) groups is 13.